The van der Waals surface area contributed by atoms with Crippen LogP contribution in [-0.2, 0) is 6.54 Å². The van der Waals surface area contributed by atoms with E-state index >= 15 is 0 Å². The highest BCUT2D eigenvalue weighted by Gasteiger charge is 2.17. The van der Waals surface area contributed by atoms with Gasteiger partial charge in [-0.3, -0.25) is 0 Å². The van der Waals surface area contributed by atoms with Crippen LogP contribution in [-0.4, -0.2) is 21.1 Å². The molecule has 0 unspecified atom stereocenters. The third-order valence-electron chi connectivity index (χ3n) is 5.50. The lowest BCUT2D eigenvalue weighted by Crippen LogP contribution is -2.04. The molecule has 0 saturated carbocycles. The van der Waals surface area contributed by atoms with Crippen molar-refractivity contribution in [3.8, 4) is 22.6 Å². The van der Waals surface area contributed by atoms with Crippen LogP contribution in [0.2, 0.25) is 0 Å². The molecule has 0 aliphatic heterocycles. The molecule has 0 aliphatic rings. The Hall–Kier alpha value is -4.19. The van der Waals surface area contributed by atoms with Crippen molar-refractivity contribution in [1.29, 1.82) is 0 Å². The van der Waals surface area contributed by atoms with Gasteiger partial charge < -0.3 is 14.6 Å². The van der Waals surface area contributed by atoms with Crippen molar-refractivity contribution in [2.24, 2.45) is 0 Å². The van der Waals surface area contributed by atoms with Gasteiger partial charge in [0.2, 0.25) is 0 Å². The lowest BCUT2D eigenvalue weighted by atomic mass is 10.1. The van der Waals surface area contributed by atoms with Gasteiger partial charge in [-0.05, 0) is 42.8 Å². The van der Waals surface area contributed by atoms with E-state index in [2.05, 4.69) is 33.6 Å². The number of ether oxygens (including phenoxy) is 1. The average molecular weight is 439 g/mol. The van der Waals surface area contributed by atoms with Gasteiger partial charge in [0.15, 0.2) is 5.65 Å². The summed E-state index contributed by atoms with van der Waals surface area (Å²) in [6.45, 7) is 2.90. The van der Waals surface area contributed by atoms with Gasteiger partial charge in [-0.1, -0.05) is 48.5 Å². The number of anilines is 1. The van der Waals surface area contributed by atoms with Crippen LogP contribution in [0.1, 0.15) is 12.5 Å². The zero-order valence-corrected chi connectivity index (χ0v) is 18.2. The zero-order valence-electron chi connectivity index (χ0n) is 18.2. The average Bonchev–Trinajstić information content (AvgIpc) is 3.25. The van der Waals surface area contributed by atoms with Gasteiger partial charge in [0.05, 0.1) is 12.0 Å². The van der Waals surface area contributed by atoms with Crippen molar-refractivity contribution in [3.63, 3.8) is 0 Å². The number of hydrogen-bond acceptors (Lipinski definition) is 4. The number of hydrogen-bond donors (Lipinski definition) is 1. The molecule has 5 aromatic rings. The summed E-state index contributed by atoms with van der Waals surface area (Å²) in [5, 5.41) is 4.20. The summed E-state index contributed by atoms with van der Waals surface area (Å²) in [7, 11) is 0. The molecule has 0 radical (unpaired) electrons. The molecular weight excluding hydrogens is 415 g/mol. The topological polar surface area (TPSA) is 52.0 Å². The minimum atomic E-state index is -0.245. The van der Waals surface area contributed by atoms with Crippen molar-refractivity contribution in [2.75, 3.05) is 11.9 Å². The molecule has 0 atom stereocenters. The number of halogens is 1. The SMILES string of the molecule is CCOc1ccc(-n2cc(-c3ccccc3)c3c(NCc4ccccc4F)ncnc32)cc1. The molecule has 164 valence electrons. The molecule has 0 fully saturated rings. The molecule has 0 bridgehead atoms. The van der Waals surface area contributed by atoms with Gasteiger partial charge >= 0.3 is 0 Å². The Morgan fingerprint density at radius 2 is 1.67 bits per heavy atom. The maximum absolute atomic E-state index is 14.2. The fourth-order valence-corrected chi connectivity index (χ4v) is 3.92. The minimum Gasteiger partial charge on any atom is -0.494 e. The standard InChI is InChI=1S/C27H23FN4O/c1-2-33-22-14-12-21(13-15-22)32-17-23(19-8-4-3-5-9-19)25-26(30-18-31-27(25)32)29-16-20-10-6-7-11-24(20)28/h3-15,17-18H,2,16H2,1H3,(H,29,30,31). The Kier molecular flexibility index (Phi) is 5.72. The van der Waals surface area contributed by atoms with E-state index in [1.807, 2.05) is 60.0 Å². The van der Waals surface area contributed by atoms with Crippen molar-refractivity contribution in [1.82, 2.24) is 14.5 Å². The van der Waals surface area contributed by atoms with E-state index in [-0.39, 0.29) is 5.82 Å². The van der Waals surface area contributed by atoms with Crippen molar-refractivity contribution in [2.45, 2.75) is 13.5 Å². The van der Waals surface area contributed by atoms with Gasteiger partial charge in [0.25, 0.3) is 0 Å². The van der Waals surface area contributed by atoms with Crippen LogP contribution in [0.15, 0.2) is 91.4 Å². The second-order valence-corrected chi connectivity index (χ2v) is 7.57. The summed E-state index contributed by atoms with van der Waals surface area (Å²) in [4.78, 5) is 9.11. The molecule has 0 aliphatic carbocycles. The first-order valence-electron chi connectivity index (χ1n) is 10.9. The molecule has 5 rings (SSSR count). The van der Waals surface area contributed by atoms with Crippen LogP contribution in [0.4, 0.5) is 10.2 Å². The van der Waals surface area contributed by atoms with E-state index in [4.69, 9.17) is 4.74 Å². The summed E-state index contributed by atoms with van der Waals surface area (Å²) in [5.41, 5.74) is 4.36. The van der Waals surface area contributed by atoms with Gasteiger partial charge in [-0.15, -0.1) is 0 Å². The van der Waals surface area contributed by atoms with E-state index in [1.54, 1.807) is 12.1 Å². The predicted octanol–water partition coefficient (Wildman–Crippen LogP) is 6.24. The van der Waals surface area contributed by atoms with Gasteiger partial charge in [-0.25, -0.2) is 14.4 Å². The molecule has 3 aromatic carbocycles. The lowest BCUT2D eigenvalue weighted by molar-refractivity contribution is 0.340. The molecule has 6 heteroatoms. The Balaban J connectivity index is 1.62. The summed E-state index contributed by atoms with van der Waals surface area (Å²) in [6, 6.07) is 24.8. The van der Waals surface area contributed by atoms with Crippen molar-refractivity contribution >= 4 is 16.9 Å². The highest BCUT2D eigenvalue weighted by molar-refractivity contribution is 6.02. The van der Waals surface area contributed by atoms with E-state index in [0.717, 1.165) is 33.6 Å². The molecule has 0 spiro atoms. The molecule has 2 heterocycles. The molecule has 33 heavy (non-hydrogen) atoms. The highest BCUT2D eigenvalue weighted by atomic mass is 19.1. The Morgan fingerprint density at radius 3 is 2.42 bits per heavy atom. The monoisotopic (exact) mass is 438 g/mol. The van der Waals surface area contributed by atoms with Crippen molar-refractivity contribution < 1.29 is 9.13 Å². The van der Waals surface area contributed by atoms with Crippen LogP contribution in [0.5, 0.6) is 5.75 Å². The predicted molar refractivity (Wildman–Crippen MR) is 129 cm³/mol. The molecule has 0 amide bonds. The summed E-state index contributed by atoms with van der Waals surface area (Å²) in [5.74, 6) is 1.24. The summed E-state index contributed by atoms with van der Waals surface area (Å²) < 4.78 is 21.8. The second kappa shape index (κ2) is 9.12. The highest BCUT2D eigenvalue weighted by Crippen LogP contribution is 2.35. The van der Waals surface area contributed by atoms with Crippen LogP contribution < -0.4 is 10.1 Å². The van der Waals surface area contributed by atoms with Crippen LogP contribution in [0, 0.1) is 5.82 Å². The number of rotatable bonds is 7. The van der Waals surface area contributed by atoms with E-state index < -0.39 is 0 Å². The summed E-state index contributed by atoms with van der Waals surface area (Å²) >= 11 is 0. The fourth-order valence-electron chi connectivity index (χ4n) is 3.92. The zero-order chi connectivity index (χ0) is 22.6. The number of benzene rings is 3. The number of nitrogens with one attached hydrogen (secondary N) is 1. The first kappa shape index (κ1) is 20.7. The Morgan fingerprint density at radius 1 is 0.909 bits per heavy atom. The fraction of sp³-hybridized carbons (Fsp3) is 0.111. The van der Waals surface area contributed by atoms with Crippen LogP contribution >= 0.6 is 0 Å². The normalized spacial score (nSPS) is 11.0. The molecular formula is C27H23FN4O. The van der Waals surface area contributed by atoms with E-state index in [0.29, 0.717) is 24.5 Å². The summed E-state index contributed by atoms with van der Waals surface area (Å²) in [6.07, 6.45) is 3.60. The quantitative estimate of drug-likeness (QED) is 0.327. The third kappa shape index (κ3) is 4.15. The smallest absolute Gasteiger partial charge is 0.150 e. The van der Waals surface area contributed by atoms with Crippen molar-refractivity contribution in [3.05, 3.63) is 103 Å². The van der Waals surface area contributed by atoms with Crippen LogP contribution in [0.3, 0.4) is 0 Å². The van der Waals surface area contributed by atoms with E-state index in [9.17, 15) is 4.39 Å². The maximum atomic E-state index is 14.2. The molecule has 2 aromatic heterocycles. The number of fused-ring (bicyclic) bond motifs is 1. The van der Waals surface area contributed by atoms with Gasteiger partial charge in [-0.2, -0.15) is 0 Å². The lowest BCUT2D eigenvalue weighted by Gasteiger charge is -2.10. The third-order valence-corrected chi connectivity index (χ3v) is 5.50. The molecule has 5 nitrogen and oxygen atoms in total. The minimum absolute atomic E-state index is 0.245. The Bertz CT molecular complexity index is 1380. The number of nitrogens with zero attached hydrogens (tertiary/aromatic N) is 3. The Labute approximate surface area is 191 Å². The molecule has 1 N–H and O–H groups in total. The first-order chi connectivity index (χ1) is 16.2. The second-order valence-electron chi connectivity index (χ2n) is 7.57. The maximum Gasteiger partial charge on any atom is 0.150 e. The van der Waals surface area contributed by atoms with Gasteiger partial charge in [0.1, 0.15) is 23.7 Å². The first-order valence-corrected chi connectivity index (χ1v) is 10.9. The largest absolute Gasteiger partial charge is 0.494 e. The van der Waals surface area contributed by atoms with Gasteiger partial charge in [0, 0.05) is 29.6 Å². The van der Waals surface area contributed by atoms with Crippen LogP contribution in [0.25, 0.3) is 27.8 Å². The number of aromatic nitrogens is 3. The molecule has 0 saturated heterocycles. The van der Waals surface area contributed by atoms with E-state index in [1.165, 1.54) is 12.4 Å².